The molecule has 2 atom stereocenters. The lowest BCUT2D eigenvalue weighted by atomic mass is 10.0. The zero-order valence-corrected chi connectivity index (χ0v) is 20.8. The van der Waals surface area contributed by atoms with E-state index in [2.05, 4.69) is 15.6 Å². The van der Waals surface area contributed by atoms with Gasteiger partial charge in [-0.2, -0.15) is 0 Å². The zero-order valence-electron chi connectivity index (χ0n) is 20.8. The first-order chi connectivity index (χ1) is 16.7. The summed E-state index contributed by atoms with van der Waals surface area (Å²) >= 11 is 0. The zero-order chi connectivity index (χ0) is 25.8. The first-order valence-corrected chi connectivity index (χ1v) is 11.5. The second-order valence-electron chi connectivity index (χ2n) is 8.65. The number of aliphatic hydroxyl groups excluding tert-OH is 1. The summed E-state index contributed by atoms with van der Waals surface area (Å²) in [7, 11) is 3.06. The largest absolute Gasteiger partial charge is 0.493 e. The lowest BCUT2D eigenvalue weighted by molar-refractivity contribution is -0.123. The van der Waals surface area contributed by atoms with Gasteiger partial charge in [-0.3, -0.25) is 14.9 Å². The summed E-state index contributed by atoms with van der Waals surface area (Å²) in [5.41, 5.74) is 7.60. The molecule has 2 aromatic rings. The van der Waals surface area contributed by atoms with Crippen molar-refractivity contribution >= 4 is 17.8 Å². The highest BCUT2D eigenvalue weighted by molar-refractivity contribution is 5.98. The number of nitrogens with two attached hydrogens (primary N) is 1. The molecule has 35 heavy (non-hydrogen) atoms. The van der Waals surface area contributed by atoms with E-state index in [1.807, 2.05) is 44.2 Å². The number of ether oxygens (including phenoxy) is 2. The molecule has 2 aromatic carbocycles. The molecule has 0 aromatic heterocycles. The minimum Gasteiger partial charge on any atom is -0.493 e. The topological polar surface area (TPSA) is 135 Å². The van der Waals surface area contributed by atoms with Crippen LogP contribution in [0.4, 0.5) is 0 Å². The van der Waals surface area contributed by atoms with Gasteiger partial charge >= 0.3 is 0 Å². The quantitative estimate of drug-likeness (QED) is 0.268. The third kappa shape index (κ3) is 9.29. The lowest BCUT2D eigenvalue weighted by Crippen LogP contribution is -2.46. The van der Waals surface area contributed by atoms with E-state index in [1.54, 1.807) is 18.2 Å². The predicted octanol–water partition coefficient (Wildman–Crippen LogP) is 1.81. The highest BCUT2D eigenvalue weighted by Gasteiger charge is 2.22. The monoisotopic (exact) mass is 484 g/mol. The maximum atomic E-state index is 13.0. The van der Waals surface area contributed by atoms with E-state index >= 15 is 0 Å². The molecule has 1 unspecified atom stereocenters. The van der Waals surface area contributed by atoms with Gasteiger partial charge < -0.3 is 25.6 Å². The second kappa shape index (κ2) is 14.0. The second-order valence-corrected chi connectivity index (χ2v) is 8.65. The van der Waals surface area contributed by atoms with Crippen molar-refractivity contribution in [3.63, 3.8) is 0 Å². The van der Waals surface area contributed by atoms with Crippen molar-refractivity contribution in [3.05, 3.63) is 59.7 Å². The number of nitrogens with one attached hydrogen (secondary N) is 2. The molecule has 0 aliphatic carbocycles. The van der Waals surface area contributed by atoms with Crippen molar-refractivity contribution in [2.75, 3.05) is 20.8 Å². The maximum Gasteiger partial charge on any atom is 0.245 e. The number of hydrogen-bond donors (Lipinski definition) is 4. The highest BCUT2D eigenvalue weighted by Crippen LogP contribution is 2.27. The van der Waals surface area contributed by atoms with Crippen LogP contribution in [-0.4, -0.2) is 55.8 Å². The number of nitrogens with zero attached hydrogens (tertiary/aromatic N) is 1. The van der Waals surface area contributed by atoms with Gasteiger partial charge in [0.25, 0.3) is 0 Å². The molecule has 0 bridgehead atoms. The molecule has 0 aliphatic heterocycles. The maximum absolute atomic E-state index is 13.0. The van der Waals surface area contributed by atoms with Crippen molar-refractivity contribution in [1.29, 1.82) is 0 Å². The van der Waals surface area contributed by atoms with Gasteiger partial charge in [0, 0.05) is 6.42 Å². The van der Waals surface area contributed by atoms with Crippen LogP contribution in [0.25, 0.3) is 0 Å². The van der Waals surface area contributed by atoms with Crippen molar-refractivity contribution in [2.45, 2.75) is 45.2 Å². The van der Waals surface area contributed by atoms with Crippen LogP contribution in [0.5, 0.6) is 11.5 Å². The van der Waals surface area contributed by atoms with Crippen LogP contribution in [0.2, 0.25) is 0 Å². The number of aliphatic hydroxyl groups is 1. The molecule has 0 aliphatic rings. The smallest absolute Gasteiger partial charge is 0.245 e. The molecule has 5 N–H and O–H groups in total. The van der Waals surface area contributed by atoms with Gasteiger partial charge in [-0.15, -0.1) is 0 Å². The standard InChI is InChI=1S/C26H36N4O5/c1-17(2)12-20(16-31)28-25(33)21(13-18-8-6-5-7-9-18)29-26(27)30-24(32)15-19-10-11-22(34-3)23(14-19)35-4/h5-11,14,17,20-21,31H,12-13,15-16H2,1-4H3,(H,28,33)(H3,27,29,30,32)/t20?,21-/m1/s1. The van der Waals surface area contributed by atoms with E-state index in [4.69, 9.17) is 15.2 Å². The van der Waals surface area contributed by atoms with E-state index in [0.717, 1.165) is 5.56 Å². The van der Waals surface area contributed by atoms with Gasteiger partial charge in [-0.05, 0) is 35.6 Å². The minimum absolute atomic E-state index is 0.0348. The summed E-state index contributed by atoms with van der Waals surface area (Å²) in [6.45, 7) is 3.85. The third-order valence-electron chi connectivity index (χ3n) is 5.27. The Morgan fingerprint density at radius 1 is 1.03 bits per heavy atom. The van der Waals surface area contributed by atoms with Crippen LogP contribution in [-0.2, 0) is 22.4 Å². The third-order valence-corrected chi connectivity index (χ3v) is 5.27. The lowest BCUT2D eigenvalue weighted by Gasteiger charge is -2.21. The Bertz CT molecular complexity index is 994. The Labute approximate surface area is 206 Å². The van der Waals surface area contributed by atoms with Gasteiger partial charge in [-0.1, -0.05) is 50.2 Å². The number of hydrogen-bond acceptors (Lipinski definition) is 6. The van der Waals surface area contributed by atoms with Crippen molar-refractivity contribution in [1.82, 2.24) is 10.6 Å². The predicted molar refractivity (Wildman–Crippen MR) is 135 cm³/mol. The summed E-state index contributed by atoms with van der Waals surface area (Å²) < 4.78 is 10.5. The van der Waals surface area contributed by atoms with Crippen LogP contribution < -0.4 is 25.8 Å². The first kappa shape index (κ1) is 27.7. The van der Waals surface area contributed by atoms with E-state index in [1.165, 1.54) is 14.2 Å². The Balaban J connectivity index is 2.13. The average Bonchev–Trinajstić information content (AvgIpc) is 2.83. The molecular weight excluding hydrogens is 448 g/mol. The molecule has 0 saturated carbocycles. The normalized spacial score (nSPS) is 13.1. The SMILES string of the molecule is COc1ccc(CC(=O)NC(N)=N[C@H](Cc2ccccc2)C(=O)NC(CO)CC(C)C)cc1OC. The molecular formula is C26H36N4O5. The number of methoxy groups -OCH3 is 2. The summed E-state index contributed by atoms with van der Waals surface area (Å²) in [6.07, 6.45) is 0.952. The Morgan fingerprint density at radius 2 is 1.71 bits per heavy atom. The number of carbonyl (C=O) groups is 2. The van der Waals surface area contributed by atoms with E-state index in [9.17, 15) is 14.7 Å². The fourth-order valence-corrected chi connectivity index (χ4v) is 3.64. The molecule has 0 spiro atoms. The first-order valence-electron chi connectivity index (χ1n) is 11.5. The Morgan fingerprint density at radius 3 is 2.31 bits per heavy atom. The van der Waals surface area contributed by atoms with Crippen LogP contribution in [0.1, 0.15) is 31.4 Å². The molecule has 2 amide bonds. The number of benzene rings is 2. The minimum atomic E-state index is -0.875. The molecule has 0 radical (unpaired) electrons. The van der Waals surface area contributed by atoms with Gasteiger partial charge in [-0.25, -0.2) is 4.99 Å². The molecule has 0 fully saturated rings. The number of amides is 2. The van der Waals surface area contributed by atoms with Crippen LogP contribution in [0.15, 0.2) is 53.5 Å². The molecule has 9 nitrogen and oxygen atoms in total. The van der Waals surface area contributed by atoms with Crippen molar-refractivity contribution in [2.24, 2.45) is 16.6 Å². The van der Waals surface area contributed by atoms with Crippen LogP contribution in [0.3, 0.4) is 0 Å². The molecule has 0 heterocycles. The number of guanidine groups is 1. The van der Waals surface area contributed by atoms with Crippen LogP contribution in [0, 0.1) is 5.92 Å². The molecule has 0 saturated heterocycles. The number of aliphatic imine (C=N–C) groups is 1. The number of carbonyl (C=O) groups excluding carboxylic acids is 2. The summed E-state index contributed by atoms with van der Waals surface area (Å²) in [6, 6.07) is 13.3. The molecule has 2 rings (SSSR count). The fraction of sp³-hybridized carbons (Fsp3) is 0.423. The highest BCUT2D eigenvalue weighted by atomic mass is 16.5. The number of rotatable bonds is 12. The summed E-state index contributed by atoms with van der Waals surface area (Å²) in [5.74, 6) is 0.460. The van der Waals surface area contributed by atoms with Crippen LogP contribution >= 0.6 is 0 Å². The summed E-state index contributed by atoms with van der Waals surface area (Å²) in [5, 5.41) is 15.1. The summed E-state index contributed by atoms with van der Waals surface area (Å²) in [4.78, 5) is 29.9. The average molecular weight is 485 g/mol. The molecule has 9 heteroatoms. The fourth-order valence-electron chi connectivity index (χ4n) is 3.64. The van der Waals surface area contributed by atoms with E-state index < -0.39 is 12.1 Å². The van der Waals surface area contributed by atoms with Gasteiger partial charge in [0.2, 0.25) is 11.8 Å². The Kier molecular flexibility index (Phi) is 11.0. The van der Waals surface area contributed by atoms with Gasteiger partial charge in [0.15, 0.2) is 17.5 Å². The Hall–Kier alpha value is -3.59. The molecule has 190 valence electrons. The van der Waals surface area contributed by atoms with Crippen molar-refractivity contribution < 1.29 is 24.2 Å². The van der Waals surface area contributed by atoms with Crippen molar-refractivity contribution in [3.8, 4) is 11.5 Å². The van der Waals surface area contributed by atoms with Gasteiger partial charge in [0.1, 0.15) is 6.04 Å². The van der Waals surface area contributed by atoms with Gasteiger partial charge in [0.05, 0.1) is 33.3 Å². The van der Waals surface area contributed by atoms with E-state index in [-0.39, 0.29) is 30.8 Å². The van der Waals surface area contributed by atoms with E-state index in [0.29, 0.717) is 35.8 Å².